The Kier molecular flexibility index (Phi) is 4.15. The van der Waals surface area contributed by atoms with Gasteiger partial charge in [-0.05, 0) is 31.4 Å². The van der Waals surface area contributed by atoms with E-state index in [9.17, 15) is 24.1 Å². The van der Waals surface area contributed by atoms with Gasteiger partial charge in [0.15, 0.2) is 0 Å². The van der Waals surface area contributed by atoms with Crippen LogP contribution in [0.5, 0.6) is 0 Å². The maximum atomic E-state index is 13.4. The van der Waals surface area contributed by atoms with Crippen molar-refractivity contribution in [2.24, 2.45) is 5.92 Å². The molecular weight excluding hydrogens is 283 g/mol. The van der Waals surface area contributed by atoms with Gasteiger partial charge in [0.2, 0.25) is 5.82 Å². The quantitative estimate of drug-likeness (QED) is 0.649. The van der Waals surface area contributed by atoms with E-state index in [0.29, 0.717) is 19.3 Å². The van der Waals surface area contributed by atoms with Gasteiger partial charge in [-0.3, -0.25) is 19.7 Å². The molecule has 0 saturated heterocycles. The molecule has 0 aromatic heterocycles. The number of hydrogen-bond donors (Lipinski definition) is 2. The van der Waals surface area contributed by atoms with Gasteiger partial charge in [-0.1, -0.05) is 0 Å². The van der Waals surface area contributed by atoms with Crippen molar-refractivity contribution in [3.05, 3.63) is 39.7 Å². The van der Waals surface area contributed by atoms with Crippen molar-refractivity contribution in [3.63, 3.8) is 0 Å². The number of amides is 1. The lowest BCUT2D eigenvalue weighted by atomic mass is 10.1. The third kappa shape index (κ3) is 3.33. The molecule has 0 aliphatic heterocycles. The van der Waals surface area contributed by atoms with Gasteiger partial charge in [0, 0.05) is 17.7 Å². The summed E-state index contributed by atoms with van der Waals surface area (Å²) in [5.41, 5.74) is -0.727. The lowest BCUT2D eigenvalue weighted by molar-refractivity contribution is -0.387. The minimum Gasteiger partial charge on any atom is -0.481 e. The Labute approximate surface area is 118 Å². The molecule has 0 spiro atoms. The Bertz CT molecular complexity index is 604. The molecule has 2 atom stereocenters. The van der Waals surface area contributed by atoms with Gasteiger partial charge in [0.25, 0.3) is 5.91 Å². The van der Waals surface area contributed by atoms with E-state index in [-0.39, 0.29) is 11.6 Å². The minimum absolute atomic E-state index is 0.0307. The second-order valence-corrected chi connectivity index (χ2v) is 4.94. The standard InChI is InChI=1S/C13H13FN2O5/c14-10-6-7(2-4-11(10)16(20)21)12(17)15-9-3-1-8(5-9)13(18)19/h2,4,6,8-9H,1,3,5H2,(H,15,17)(H,18,19). The van der Waals surface area contributed by atoms with Crippen molar-refractivity contribution >= 4 is 17.6 Å². The molecule has 0 radical (unpaired) electrons. The first kappa shape index (κ1) is 14.9. The summed E-state index contributed by atoms with van der Waals surface area (Å²) < 4.78 is 13.4. The maximum absolute atomic E-state index is 13.4. The van der Waals surface area contributed by atoms with Crippen molar-refractivity contribution in [2.45, 2.75) is 25.3 Å². The van der Waals surface area contributed by atoms with Crippen molar-refractivity contribution in [1.29, 1.82) is 0 Å². The highest BCUT2D eigenvalue weighted by Crippen LogP contribution is 2.26. The van der Waals surface area contributed by atoms with Crippen LogP contribution in [0, 0.1) is 21.8 Å². The fraction of sp³-hybridized carbons (Fsp3) is 0.385. The summed E-state index contributed by atoms with van der Waals surface area (Å²) >= 11 is 0. The highest BCUT2D eigenvalue weighted by Gasteiger charge is 2.30. The number of carbonyl (C=O) groups is 2. The third-order valence-corrected chi connectivity index (χ3v) is 3.52. The molecule has 1 amide bonds. The first-order valence-corrected chi connectivity index (χ1v) is 6.36. The molecule has 21 heavy (non-hydrogen) atoms. The van der Waals surface area contributed by atoms with E-state index in [1.807, 2.05) is 0 Å². The van der Waals surface area contributed by atoms with Crippen LogP contribution in [0.3, 0.4) is 0 Å². The number of carboxylic acids is 1. The summed E-state index contributed by atoms with van der Waals surface area (Å²) in [6, 6.07) is 2.62. The molecule has 1 saturated carbocycles. The molecule has 0 bridgehead atoms. The summed E-state index contributed by atoms with van der Waals surface area (Å²) in [4.78, 5) is 32.4. The number of halogens is 1. The number of carbonyl (C=O) groups excluding carboxylic acids is 1. The minimum atomic E-state index is -1.08. The topological polar surface area (TPSA) is 110 Å². The molecule has 2 rings (SSSR count). The summed E-state index contributed by atoms with van der Waals surface area (Å²) in [6.07, 6.45) is 1.35. The van der Waals surface area contributed by atoms with Crippen LogP contribution in [0.15, 0.2) is 18.2 Å². The van der Waals surface area contributed by atoms with Crippen molar-refractivity contribution in [1.82, 2.24) is 5.32 Å². The Hall–Kier alpha value is -2.51. The highest BCUT2D eigenvalue weighted by molar-refractivity contribution is 5.94. The molecule has 1 fully saturated rings. The first-order valence-electron chi connectivity index (χ1n) is 6.36. The van der Waals surface area contributed by atoms with Crippen molar-refractivity contribution < 1.29 is 24.0 Å². The number of nitrogens with one attached hydrogen (secondary N) is 1. The fourth-order valence-electron chi connectivity index (χ4n) is 2.40. The molecule has 2 unspecified atom stereocenters. The monoisotopic (exact) mass is 296 g/mol. The number of nitro groups is 1. The van der Waals surface area contributed by atoms with Crippen LogP contribution >= 0.6 is 0 Å². The first-order chi connectivity index (χ1) is 9.88. The number of rotatable bonds is 4. The normalized spacial score (nSPS) is 21.0. The van der Waals surface area contributed by atoms with Gasteiger partial charge in [-0.15, -0.1) is 0 Å². The average molecular weight is 296 g/mol. The molecule has 1 aromatic rings. The largest absolute Gasteiger partial charge is 0.481 e. The zero-order valence-corrected chi connectivity index (χ0v) is 10.9. The molecule has 7 nitrogen and oxygen atoms in total. The van der Waals surface area contributed by atoms with Crippen LogP contribution < -0.4 is 5.32 Å². The Balaban J connectivity index is 2.03. The van der Waals surface area contributed by atoms with Crippen molar-refractivity contribution in [2.75, 3.05) is 0 Å². The molecule has 8 heteroatoms. The predicted molar refractivity (Wildman–Crippen MR) is 69.3 cm³/mol. The summed E-state index contributed by atoms with van der Waals surface area (Å²) in [5.74, 6) is -3.03. The smallest absolute Gasteiger partial charge is 0.306 e. The molecular formula is C13H13FN2O5. The van der Waals surface area contributed by atoms with Crippen LogP contribution in [0.4, 0.5) is 10.1 Å². The fourth-order valence-corrected chi connectivity index (χ4v) is 2.40. The van der Waals surface area contributed by atoms with Crippen LogP contribution in [-0.2, 0) is 4.79 Å². The molecule has 0 heterocycles. The van der Waals surface area contributed by atoms with Gasteiger partial charge in [-0.2, -0.15) is 4.39 Å². The Morgan fingerprint density at radius 3 is 2.62 bits per heavy atom. The molecule has 1 aliphatic carbocycles. The lowest BCUT2D eigenvalue weighted by Gasteiger charge is -2.12. The number of carboxylic acid groups (broad SMARTS) is 1. The Morgan fingerprint density at radius 2 is 2.10 bits per heavy atom. The molecule has 2 N–H and O–H groups in total. The molecule has 1 aliphatic rings. The molecule has 1 aromatic carbocycles. The van der Waals surface area contributed by atoms with Crippen LogP contribution in [-0.4, -0.2) is 27.9 Å². The van der Waals surface area contributed by atoms with E-state index in [1.54, 1.807) is 0 Å². The van der Waals surface area contributed by atoms with Gasteiger partial charge >= 0.3 is 11.7 Å². The second kappa shape index (κ2) is 5.86. The number of hydrogen-bond acceptors (Lipinski definition) is 4. The van der Waals surface area contributed by atoms with Gasteiger partial charge < -0.3 is 10.4 Å². The number of benzene rings is 1. The average Bonchev–Trinajstić information content (AvgIpc) is 2.86. The van der Waals surface area contributed by atoms with Gasteiger partial charge in [0.05, 0.1) is 10.8 Å². The van der Waals surface area contributed by atoms with E-state index >= 15 is 0 Å². The van der Waals surface area contributed by atoms with Crippen LogP contribution in [0.1, 0.15) is 29.6 Å². The second-order valence-electron chi connectivity index (χ2n) is 4.94. The maximum Gasteiger partial charge on any atom is 0.306 e. The van der Waals surface area contributed by atoms with Crippen molar-refractivity contribution in [3.8, 4) is 0 Å². The van der Waals surface area contributed by atoms with Crippen LogP contribution in [0.25, 0.3) is 0 Å². The van der Waals surface area contributed by atoms with E-state index in [1.165, 1.54) is 6.07 Å². The van der Waals surface area contributed by atoms with E-state index in [4.69, 9.17) is 5.11 Å². The van der Waals surface area contributed by atoms with E-state index in [0.717, 1.165) is 12.1 Å². The SMILES string of the molecule is O=C(NC1CCC(C(=O)O)C1)c1ccc([N+](=O)[O-])c(F)c1. The number of nitro benzene ring substituents is 1. The summed E-state index contributed by atoms with van der Waals surface area (Å²) in [7, 11) is 0. The van der Waals surface area contributed by atoms with E-state index in [2.05, 4.69) is 5.32 Å². The summed E-state index contributed by atoms with van der Waals surface area (Å²) in [5, 5.41) is 22.0. The van der Waals surface area contributed by atoms with Gasteiger partial charge in [0.1, 0.15) is 0 Å². The lowest BCUT2D eigenvalue weighted by Crippen LogP contribution is -2.33. The predicted octanol–water partition coefficient (Wildman–Crippen LogP) is 1.72. The molecule has 112 valence electrons. The Morgan fingerprint density at radius 1 is 1.38 bits per heavy atom. The highest BCUT2D eigenvalue weighted by atomic mass is 19.1. The third-order valence-electron chi connectivity index (χ3n) is 3.52. The van der Waals surface area contributed by atoms with Gasteiger partial charge in [-0.25, -0.2) is 0 Å². The summed E-state index contributed by atoms with van der Waals surface area (Å²) in [6.45, 7) is 0. The van der Waals surface area contributed by atoms with Crippen LogP contribution in [0.2, 0.25) is 0 Å². The zero-order chi connectivity index (χ0) is 15.6. The number of nitrogens with zero attached hydrogens (tertiary/aromatic N) is 1. The zero-order valence-electron chi connectivity index (χ0n) is 10.9. The number of aliphatic carboxylic acids is 1. The van der Waals surface area contributed by atoms with E-state index < -0.39 is 34.2 Å².